The van der Waals surface area contributed by atoms with Crippen LogP contribution in [-0.4, -0.2) is 21.1 Å². The predicted octanol–water partition coefficient (Wildman–Crippen LogP) is 2.45. The Morgan fingerprint density at radius 2 is 1.86 bits per heavy atom. The molecule has 0 aromatic rings. The molecule has 0 aromatic carbocycles. The van der Waals surface area contributed by atoms with Crippen molar-refractivity contribution in [3.8, 4) is 0 Å². The first-order chi connectivity index (χ1) is 6.02. The molecule has 0 aliphatic carbocycles. The second-order valence-corrected chi connectivity index (χ2v) is 5.49. The Morgan fingerprint density at radius 3 is 2.07 bits per heavy atom. The third-order valence-corrected chi connectivity index (χ3v) is 3.62. The van der Waals surface area contributed by atoms with Crippen molar-refractivity contribution in [1.82, 2.24) is 0 Å². The van der Waals surface area contributed by atoms with Gasteiger partial charge in [-0.1, -0.05) is 6.08 Å². The number of hydrogen-bond acceptors (Lipinski definition) is 1. The third-order valence-electron chi connectivity index (χ3n) is 1.87. The summed E-state index contributed by atoms with van der Waals surface area (Å²) >= 11 is 0. The molecule has 7 heteroatoms. The number of allylic oxidation sites excluding steroid dienone is 1. The van der Waals surface area contributed by atoms with E-state index in [0.717, 1.165) is 13.0 Å². The quantitative estimate of drug-likeness (QED) is 0.578. The lowest BCUT2D eigenvalue weighted by Gasteiger charge is -2.29. The van der Waals surface area contributed by atoms with Gasteiger partial charge in [-0.15, -0.1) is 6.58 Å². The maximum Gasteiger partial charge on any atom is 0.390 e. The molecule has 0 spiro atoms. The smallest absolute Gasteiger partial charge is 0.324 e. The highest BCUT2D eigenvalue weighted by atomic mass is 31.2. The third kappa shape index (κ3) is 3.82. The monoisotopic (exact) mass is 232 g/mol. The van der Waals surface area contributed by atoms with Crippen LogP contribution in [-0.2, 0) is 4.57 Å². The van der Waals surface area contributed by atoms with Crippen LogP contribution in [0.15, 0.2) is 12.7 Å². The summed E-state index contributed by atoms with van der Waals surface area (Å²) < 4.78 is 46.9. The normalized spacial score (nSPS) is 17.6. The van der Waals surface area contributed by atoms with Gasteiger partial charge in [-0.05, 0) is 13.3 Å². The van der Waals surface area contributed by atoms with Gasteiger partial charge in [0.05, 0.1) is 11.6 Å². The maximum absolute atomic E-state index is 12.0. The topological polar surface area (TPSA) is 57.5 Å². The summed E-state index contributed by atoms with van der Waals surface area (Å²) in [4.78, 5) is 17.6. The van der Waals surface area contributed by atoms with Crippen LogP contribution < -0.4 is 0 Å². The van der Waals surface area contributed by atoms with E-state index in [1.54, 1.807) is 0 Å². The summed E-state index contributed by atoms with van der Waals surface area (Å²) in [6.07, 6.45) is -5.42. The van der Waals surface area contributed by atoms with Crippen molar-refractivity contribution in [2.45, 2.75) is 31.1 Å². The molecule has 3 nitrogen and oxygen atoms in total. The van der Waals surface area contributed by atoms with E-state index in [2.05, 4.69) is 6.58 Å². The fourth-order valence-electron chi connectivity index (χ4n) is 1.04. The molecule has 0 radical (unpaired) electrons. The number of rotatable bonds is 4. The Labute approximate surface area is 79.8 Å². The van der Waals surface area contributed by atoms with E-state index in [1.165, 1.54) is 0 Å². The molecule has 0 aliphatic heterocycles. The highest BCUT2D eigenvalue weighted by Crippen LogP contribution is 2.56. The van der Waals surface area contributed by atoms with Gasteiger partial charge in [0, 0.05) is 0 Å². The maximum atomic E-state index is 12.0. The van der Waals surface area contributed by atoms with Crippen molar-refractivity contribution < 1.29 is 27.5 Å². The molecule has 1 unspecified atom stereocenters. The molecule has 1 atom stereocenters. The second kappa shape index (κ2) is 4.04. The van der Waals surface area contributed by atoms with Crippen LogP contribution in [0.3, 0.4) is 0 Å². The summed E-state index contributed by atoms with van der Waals surface area (Å²) in [6, 6.07) is 0. The van der Waals surface area contributed by atoms with Gasteiger partial charge in [0.15, 0.2) is 0 Å². The van der Waals surface area contributed by atoms with Crippen molar-refractivity contribution >= 4 is 7.60 Å². The molecule has 0 rings (SSSR count). The van der Waals surface area contributed by atoms with Crippen LogP contribution in [0.2, 0.25) is 0 Å². The minimum Gasteiger partial charge on any atom is -0.324 e. The largest absolute Gasteiger partial charge is 0.390 e. The molecule has 0 heterocycles. The summed E-state index contributed by atoms with van der Waals surface area (Å²) in [6.45, 7) is 4.08. The Morgan fingerprint density at radius 1 is 1.43 bits per heavy atom. The SMILES string of the molecule is C=CCC(C)(CC(F)(F)F)P(=O)(O)O. The van der Waals surface area contributed by atoms with Crippen molar-refractivity contribution in [1.29, 1.82) is 0 Å². The average molecular weight is 232 g/mol. The number of halogens is 3. The molecule has 0 saturated heterocycles. The van der Waals surface area contributed by atoms with Gasteiger partial charge in [0.1, 0.15) is 0 Å². The van der Waals surface area contributed by atoms with Crippen LogP contribution in [0, 0.1) is 0 Å². The van der Waals surface area contributed by atoms with Crippen molar-refractivity contribution in [2.24, 2.45) is 0 Å². The van der Waals surface area contributed by atoms with E-state index in [-0.39, 0.29) is 6.42 Å². The first-order valence-corrected chi connectivity index (χ1v) is 5.36. The minimum atomic E-state index is -4.79. The van der Waals surface area contributed by atoms with E-state index >= 15 is 0 Å². The highest BCUT2D eigenvalue weighted by molar-refractivity contribution is 7.53. The Balaban J connectivity index is 4.92. The lowest BCUT2D eigenvalue weighted by molar-refractivity contribution is -0.141. The molecular weight excluding hydrogens is 220 g/mol. The zero-order valence-electron chi connectivity index (χ0n) is 7.58. The average Bonchev–Trinajstić information content (AvgIpc) is 1.79. The first kappa shape index (κ1) is 13.7. The molecule has 0 bridgehead atoms. The van der Waals surface area contributed by atoms with Crippen LogP contribution in [0.25, 0.3) is 0 Å². The Bertz CT molecular complexity index is 257. The zero-order chi connectivity index (χ0) is 11.6. The second-order valence-electron chi connectivity index (χ2n) is 3.33. The molecule has 2 N–H and O–H groups in total. The van der Waals surface area contributed by atoms with Crippen LogP contribution in [0.5, 0.6) is 0 Å². The van der Waals surface area contributed by atoms with E-state index in [1.807, 2.05) is 0 Å². The Hall–Kier alpha value is -0.320. The van der Waals surface area contributed by atoms with Crippen LogP contribution in [0.4, 0.5) is 13.2 Å². The summed E-state index contributed by atoms with van der Waals surface area (Å²) in [5, 5.41) is -2.10. The standard InChI is InChI=1S/C7H12F3O3P/c1-3-4-6(2,14(11,12)13)5-7(8,9)10/h3H,1,4-5H2,2H3,(H2,11,12,13). The van der Waals surface area contributed by atoms with Crippen LogP contribution >= 0.6 is 7.60 Å². The molecule has 14 heavy (non-hydrogen) atoms. The molecule has 0 aliphatic rings. The fourth-order valence-corrected chi connectivity index (χ4v) is 1.79. The number of hydrogen-bond donors (Lipinski definition) is 2. The molecule has 0 fully saturated rings. The molecule has 0 saturated carbocycles. The minimum absolute atomic E-state index is 0.378. The van der Waals surface area contributed by atoms with Gasteiger partial charge in [-0.25, -0.2) is 0 Å². The van der Waals surface area contributed by atoms with E-state index in [4.69, 9.17) is 9.79 Å². The van der Waals surface area contributed by atoms with Crippen molar-refractivity contribution in [3.05, 3.63) is 12.7 Å². The van der Waals surface area contributed by atoms with Gasteiger partial charge in [0.2, 0.25) is 0 Å². The first-order valence-electron chi connectivity index (χ1n) is 3.75. The summed E-state index contributed by atoms with van der Waals surface area (Å²) in [5.41, 5.74) is 0. The van der Waals surface area contributed by atoms with Crippen LogP contribution in [0.1, 0.15) is 19.8 Å². The van der Waals surface area contributed by atoms with Crippen molar-refractivity contribution in [3.63, 3.8) is 0 Å². The summed E-state index contributed by atoms with van der Waals surface area (Å²) in [5.74, 6) is 0. The predicted molar refractivity (Wildman–Crippen MR) is 45.9 cm³/mol. The lowest BCUT2D eigenvalue weighted by atomic mass is 10.0. The molecular formula is C7H12F3O3P. The Kier molecular flexibility index (Phi) is 3.95. The van der Waals surface area contributed by atoms with Gasteiger partial charge >= 0.3 is 13.8 Å². The van der Waals surface area contributed by atoms with Gasteiger partial charge in [0.25, 0.3) is 0 Å². The molecule has 0 amide bonds. The van der Waals surface area contributed by atoms with Crippen molar-refractivity contribution in [2.75, 3.05) is 0 Å². The van der Waals surface area contributed by atoms with Gasteiger partial charge in [-0.2, -0.15) is 13.2 Å². The van der Waals surface area contributed by atoms with E-state index < -0.39 is 25.3 Å². The molecule has 84 valence electrons. The molecule has 0 aromatic heterocycles. The highest BCUT2D eigenvalue weighted by Gasteiger charge is 2.49. The zero-order valence-corrected chi connectivity index (χ0v) is 8.48. The summed E-state index contributed by atoms with van der Waals surface area (Å²) in [7, 11) is -4.79. The van der Waals surface area contributed by atoms with Gasteiger partial charge in [-0.3, -0.25) is 4.57 Å². The van der Waals surface area contributed by atoms with E-state index in [0.29, 0.717) is 0 Å². The van der Waals surface area contributed by atoms with Gasteiger partial charge < -0.3 is 9.79 Å². The fraction of sp³-hybridized carbons (Fsp3) is 0.714. The van der Waals surface area contributed by atoms with E-state index in [9.17, 15) is 17.7 Å². The number of alkyl halides is 3. The lowest BCUT2D eigenvalue weighted by Crippen LogP contribution is -2.31.